The van der Waals surface area contributed by atoms with Gasteiger partial charge in [-0.2, -0.15) is 0 Å². The summed E-state index contributed by atoms with van der Waals surface area (Å²) in [5.41, 5.74) is 3.88. The molecule has 2 aliphatic rings. The molecule has 0 N–H and O–H groups in total. The predicted octanol–water partition coefficient (Wildman–Crippen LogP) is 5.15. The molecule has 2 atom stereocenters. The highest BCUT2D eigenvalue weighted by atomic mass is 16.5. The Morgan fingerprint density at radius 3 is 1.33 bits per heavy atom. The first-order valence-corrected chi connectivity index (χ1v) is 15.0. The van der Waals surface area contributed by atoms with Crippen LogP contribution in [0.25, 0.3) is 0 Å². The third kappa shape index (κ3) is 7.11. The van der Waals surface area contributed by atoms with Gasteiger partial charge >= 0.3 is 0 Å². The van der Waals surface area contributed by atoms with Crippen LogP contribution in [0.15, 0.2) is 107 Å². The van der Waals surface area contributed by atoms with E-state index < -0.39 is 12.2 Å². The molecule has 0 spiro atoms. The largest absolute Gasteiger partial charge is 0.472 e. The first-order valence-electron chi connectivity index (χ1n) is 15.0. The van der Waals surface area contributed by atoms with Crippen LogP contribution in [0.3, 0.4) is 0 Å². The molecule has 6 rings (SSSR count). The minimum Gasteiger partial charge on any atom is -0.472 e. The van der Waals surface area contributed by atoms with Crippen LogP contribution in [0.5, 0.6) is 0 Å². The molecular formula is C34H38N4O5. The van der Waals surface area contributed by atoms with Gasteiger partial charge in [0.15, 0.2) is 0 Å². The average Bonchev–Trinajstić information content (AvgIpc) is 3.81. The monoisotopic (exact) mass is 582 g/mol. The molecular weight excluding hydrogens is 544 g/mol. The maximum absolute atomic E-state index is 13.5. The van der Waals surface area contributed by atoms with Gasteiger partial charge in [0.25, 0.3) is 0 Å². The molecule has 2 saturated heterocycles. The van der Waals surface area contributed by atoms with Crippen molar-refractivity contribution in [2.45, 2.75) is 25.0 Å². The third-order valence-electron chi connectivity index (χ3n) is 8.39. The van der Waals surface area contributed by atoms with Crippen LogP contribution < -0.4 is 9.80 Å². The zero-order chi connectivity index (χ0) is 29.4. The van der Waals surface area contributed by atoms with Gasteiger partial charge in [-0.25, -0.2) is 0 Å². The van der Waals surface area contributed by atoms with Crippen LogP contribution in [0, 0.1) is 0 Å². The highest BCUT2D eigenvalue weighted by Gasteiger charge is 2.31. The number of piperazine rings is 2. The standard InChI is InChI=1S/C34H38N4O5/c39-33(37-17-13-35(14-18-37)29-7-3-1-4-8-29)23-31(27-11-21-41-25-27)43-32(28-12-22-42-26-28)24-34(40)38-19-15-36(16-20-38)30-9-5-2-6-10-30/h1-12,21-22,25-26,31-32H,13-20,23-24H2. The zero-order valence-electron chi connectivity index (χ0n) is 24.3. The van der Waals surface area contributed by atoms with E-state index in [1.165, 1.54) is 11.4 Å². The second-order valence-corrected chi connectivity index (χ2v) is 11.0. The van der Waals surface area contributed by atoms with Gasteiger partial charge in [-0.3, -0.25) is 9.59 Å². The second kappa shape index (κ2) is 13.6. The Bertz CT molecular complexity index is 1300. The van der Waals surface area contributed by atoms with Gasteiger partial charge in [0, 0.05) is 74.9 Å². The molecule has 224 valence electrons. The quantitative estimate of drug-likeness (QED) is 0.256. The Morgan fingerprint density at radius 1 is 0.581 bits per heavy atom. The van der Waals surface area contributed by atoms with Crippen LogP contribution in [0.1, 0.15) is 36.2 Å². The van der Waals surface area contributed by atoms with E-state index in [1.54, 1.807) is 25.1 Å². The minimum atomic E-state index is -0.568. The van der Waals surface area contributed by atoms with Gasteiger partial charge < -0.3 is 33.2 Å². The number of benzene rings is 2. The Morgan fingerprint density at radius 2 is 0.977 bits per heavy atom. The fraction of sp³-hybridized carbons (Fsp3) is 0.353. The Kier molecular flexibility index (Phi) is 9.08. The fourth-order valence-electron chi connectivity index (χ4n) is 5.88. The Balaban J connectivity index is 1.09. The number of furan rings is 2. The summed E-state index contributed by atoms with van der Waals surface area (Å²) in [5, 5.41) is 0. The van der Waals surface area contributed by atoms with E-state index in [4.69, 9.17) is 13.6 Å². The number of anilines is 2. The minimum absolute atomic E-state index is 0.0215. The molecule has 2 aliphatic heterocycles. The maximum atomic E-state index is 13.5. The van der Waals surface area contributed by atoms with Gasteiger partial charge in [0.05, 0.1) is 50.1 Å². The van der Waals surface area contributed by atoms with Crippen molar-refractivity contribution in [1.82, 2.24) is 9.80 Å². The van der Waals surface area contributed by atoms with Crippen LogP contribution in [-0.4, -0.2) is 74.0 Å². The molecule has 0 aliphatic carbocycles. The third-order valence-corrected chi connectivity index (χ3v) is 8.39. The van der Waals surface area contributed by atoms with Crippen molar-refractivity contribution < 1.29 is 23.2 Å². The lowest BCUT2D eigenvalue weighted by Gasteiger charge is -2.37. The maximum Gasteiger partial charge on any atom is 0.225 e. The topological polar surface area (TPSA) is 82.6 Å². The van der Waals surface area contributed by atoms with Crippen molar-refractivity contribution in [2.24, 2.45) is 0 Å². The van der Waals surface area contributed by atoms with Gasteiger partial charge in [-0.15, -0.1) is 0 Å². The molecule has 2 unspecified atom stereocenters. The molecule has 2 amide bonds. The molecule has 2 aromatic carbocycles. The van der Waals surface area contributed by atoms with Crippen molar-refractivity contribution in [3.8, 4) is 0 Å². The molecule has 0 bridgehead atoms. The van der Waals surface area contributed by atoms with Crippen LogP contribution in [0.4, 0.5) is 11.4 Å². The van der Waals surface area contributed by atoms with Gasteiger partial charge in [0.2, 0.25) is 11.8 Å². The first kappa shape index (κ1) is 28.6. The van der Waals surface area contributed by atoms with Crippen molar-refractivity contribution >= 4 is 23.2 Å². The van der Waals surface area contributed by atoms with E-state index in [0.29, 0.717) is 26.2 Å². The molecule has 2 fully saturated rings. The first-order chi connectivity index (χ1) is 21.1. The number of carbonyl (C=O) groups is 2. The summed E-state index contributed by atoms with van der Waals surface area (Å²) in [7, 11) is 0. The van der Waals surface area contributed by atoms with E-state index in [0.717, 1.165) is 37.3 Å². The van der Waals surface area contributed by atoms with Crippen LogP contribution in [0.2, 0.25) is 0 Å². The number of para-hydroxylation sites is 2. The van der Waals surface area contributed by atoms with E-state index in [1.807, 2.05) is 58.3 Å². The highest BCUT2D eigenvalue weighted by molar-refractivity contribution is 5.78. The number of carbonyl (C=O) groups excluding carboxylic acids is 2. The Hall–Kier alpha value is -4.50. The van der Waals surface area contributed by atoms with Crippen molar-refractivity contribution in [1.29, 1.82) is 0 Å². The summed E-state index contributed by atoms with van der Waals surface area (Å²) in [6.07, 6.45) is 5.57. The Labute approximate surface area is 252 Å². The molecule has 0 radical (unpaired) electrons. The summed E-state index contributed by atoms with van der Waals surface area (Å²) in [6, 6.07) is 24.2. The van der Waals surface area contributed by atoms with Gasteiger partial charge in [-0.1, -0.05) is 36.4 Å². The van der Waals surface area contributed by atoms with Gasteiger partial charge in [-0.05, 0) is 36.4 Å². The molecule has 0 saturated carbocycles. The van der Waals surface area contributed by atoms with Crippen molar-refractivity contribution in [3.05, 3.63) is 109 Å². The normalized spacial score (nSPS) is 17.1. The lowest BCUT2D eigenvalue weighted by Crippen LogP contribution is -2.49. The number of rotatable bonds is 10. The zero-order valence-corrected chi connectivity index (χ0v) is 24.3. The van der Waals surface area contributed by atoms with Crippen LogP contribution in [-0.2, 0) is 14.3 Å². The summed E-state index contributed by atoms with van der Waals surface area (Å²) in [6.45, 7) is 5.67. The SMILES string of the molecule is O=C(CC(OC(CC(=O)N1CCN(c2ccccc2)CC1)c1ccoc1)c1ccoc1)N1CCN(c2ccccc2)CC1. The van der Waals surface area contributed by atoms with E-state index >= 15 is 0 Å². The van der Waals surface area contributed by atoms with Gasteiger partial charge in [0.1, 0.15) is 0 Å². The number of nitrogens with zero attached hydrogens (tertiary/aromatic N) is 4. The summed E-state index contributed by atoms with van der Waals surface area (Å²) >= 11 is 0. The lowest BCUT2D eigenvalue weighted by atomic mass is 10.1. The fourth-order valence-corrected chi connectivity index (χ4v) is 5.88. The number of amides is 2. The predicted molar refractivity (Wildman–Crippen MR) is 164 cm³/mol. The molecule has 9 heteroatoms. The van der Waals surface area contributed by atoms with E-state index in [9.17, 15) is 9.59 Å². The highest BCUT2D eigenvalue weighted by Crippen LogP contribution is 2.33. The number of hydrogen-bond donors (Lipinski definition) is 0. The van der Waals surface area contributed by atoms with Crippen LogP contribution >= 0.6 is 0 Å². The summed E-state index contributed by atoms with van der Waals surface area (Å²) in [4.78, 5) is 35.5. The number of hydrogen-bond acceptors (Lipinski definition) is 7. The molecule has 4 heterocycles. The molecule has 43 heavy (non-hydrogen) atoms. The second-order valence-electron chi connectivity index (χ2n) is 11.0. The molecule has 2 aromatic heterocycles. The number of ether oxygens (including phenoxy) is 1. The lowest BCUT2D eigenvalue weighted by molar-refractivity contribution is -0.139. The smallest absolute Gasteiger partial charge is 0.225 e. The van der Waals surface area contributed by atoms with E-state index in [2.05, 4.69) is 34.1 Å². The van der Waals surface area contributed by atoms with Crippen molar-refractivity contribution in [2.75, 3.05) is 62.2 Å². The molecule has 9 nitrogen and oxygen atoms in total. The molecule has 4 aromatic rings. The summed E-state index contributed by atoms with van der Waals surface area (Å²) in [5.74, 6) is 0.0430. The summed E-state index contributed by atoms with van der Waals surface area (Å²) < 4.78 is 17.3. The van der Waals surface area contributed by atoms with E-state index in [-0.39, 0.29) is 24.7 Å². The average molecular weight is 583 g/mol. The van der Waals surface area contributed by atoms with Crippen molar-refractivity contribution in [3.63, 3.8) is 0 Å².